The number of aromatic carboxylic acids is 1. The summed E-state index contributed by atoms with van der Waals surface area (Å²) in [7, 11) is 0. The summed E-state index contributed by atoms with van der Waals surface area (Å²) in [6, 6.07) is 0. The van der Waals surface area contributed by atoms with Crippen molar-refractivity contribution < 1.29 is 9.90 Å². The van der Waals surface area contributed by atoms with Crippen LogP contribution >= 0.6 is 11.3 Å². The van der Waals surface area contributed by atoms with Crippen LogP contribution in [0.25, 0.3) is 10.2 Å². The van der Waals surface area contributed by atoms with E-state index in [1.807, 2.05) is 0 Å². The molecule has 0 aromatic carbocycles. The molecule has 0 saturated carbocycles. The fraction of sp³-hybridized carbons (Fsp3) is 0.250. The van der Waals surface area contributed by atoms with E-state index in [4.69, 9.17) is 11.5 Å². The molecule has 0 fully saturated rings. The van der Waals surface area contributed by atoms with Crippen molar-refractivity contribution in [2.45, 2.75) is 20.4 Å². The van der Waals surface area contributed by atoms with E-state index in [2.05, 4.69) is 10.9 Å². The van der Waals surface area contributed by atoms with Gasteiger partial charge in [0.05, 0.1) is 11.9 Å². The minimum absolute atomic E-state index is 0.130. The Morgan fingerprint density at radius 1 is 1.56 bits per heavy atom. The highest BCUT2D eigenvalue weighted by Gasteiger charge is 2.19. The molecule has 0 aliphatic rings. The number of aryl methyl sites for hydroxylation is 2. The third-order valence-electron chi connectivity index (χ3n) is 2.68. The summed E-state index contributed by atoms with van der Waals surface area (Å²) in [4.78, 5) is 28.1. The van der Waals surface area contributed by atoms with Gasteiger partial charge in [0.1, 0.15) is 15.5 Å². The molecule has 2 aromatic rings. The lowest BCUT2D eigenvalue weighted by atomic mass is 10.2. The Bertz CT molecular complexity index is 749. The molecule has 0 aliphatic carbocycles. The summed E-state index contributed by atoms with van der Waals surface area (Å²) >= 11 is 1.01. The second-order valence-electron chi connectivity index (χ2n) is 3.80. The largest absolute Gasteiger partial charge is 0.477 e. The second-order valence-corrected chi connectivity index (χ2v) is 4.80. The Morgan fingerprint density at radius 3 is 2.78 bits per heavy atom. The van der Waals surface area contributed by atoms with Crippen molar-refractivity contribution in [3.63, 3.8) is 0 Å². The predicted octanol–water partition coefficient (Wildman–Crippen LogP) is 1.41. The molecule has 2 aromatic heterocycles. The normalized spacial score (nSPS) is 10.5. The van der Waals surface area contributed by atoms with E-state index < -0.39 is 5.97 Å². The van der Waals surface area contributed by atoms with Crippen molar-refractivity contribution in [3.8, 4) is 12.3 Å². The first-order valence-electron chi connectivity index (χ1n) is 5.14. The summed E-state index contributed by atoms with van der Waals surface area (Å²) in [5.41, 5.74) is 0.169. The van der Waals surface area contributed by atoms with Crippen LogP contribution < -0.4 is 5.56 Å². The molecule has 92 valence electrons. The van der Waals surface area contributed by atoms with Crippen LogP contribution in [0, 0.1) is 26.2 Å². The number of fused-ring (bicyclic) bond motifs is 1. The molecule has 6 heteroatoms. The van der Waals surface area contributed by atoms with Gasteiger partial charge in [-0.05, 0) is 19.4 Å². The number of carboxylic acid groups (broad SMARTS) is 1. The van der Waals surface area contributed by atoms with Gasteiger partial charge in [-0.2, -0.15) is 0 Å². The van der Waals surface area contributed by atoms with E-state index in [0.29, 0.717) is 21.6 Å². The molecule has 0 atom stereocenters. The Morgan fingerprint density at radius 2 is 2.22 bits per heavy atom. The number of carboxylic acids is 1. The predicted molar refractivity (Wildman–Crippen MR) is 69.1 cm³/mol. The lowest BCUT2D eigenvalue weighted by Crippen LogP contribution is -2.23. The zero-order valence-corrected chi connectivity index (χ0v) is 10.7. The second kappa shape index (κ2) is 4.27. The summed E-state index contributed by atoms with van der Waals surface area (Å²) in [5.74, 6) is 1.83. The van der Waals surface area contributed by atoms with E-state index in [9.17, 15) is 9.59 Å². The van der Waals surface area contributed by atoms with Gasteiger partial charge in [0.15, 0.2) is 0 Å². The summed E-state index contributed by atoms with van der Waals surface area (Å²) < 4.78 is 1.37. The molecule has 0 saturated heterocycles. The van der Waals surface area contributed by atoms with Crippen LogP contribution in [0.5, 0.6) is 0 Å². The number of hydrogen-bond acceptors (Lipinski definition) is 4. The molecule has 0 radical (unpaired) electrons. The first-order valence-corrected chi connectivity index (χ1v) is 5.96. The highest BCUT2D eigenvalue weighted by atomic mass is 32.1. The van der Waals surface area contributed by atoms with Crippen LogP contribution in [-0.2, 0) is 6.54 Å². The van der Waals surface area contributed by atoms with Crippen molar-refractivity contribution in [2.75, 3.05) is 0 Å². The van der Waals surface area contributed by atoms with Crippen molar-refractivity contribution in [2.24, 2.45) is 0 Å². The number of nitrogens with zero attached hydrogens (tertiary/aromatic N) is 2. The quantitative estimate of drug-likeness (QED) is 0.830. The monoisotopic (exact) mass is 262 g/mol. The maximum atomic E-state index is 12.2. The number of aromatic nitrogens is 2. The van der Waals surface area contributed by atoms with Gasteiger partial charge in [0, 0.05) is 0 Å². The molecule has 2 rings (SSSR count). The molecule has 5 nitrogen and oxygen atoms in total. The number of thiophene rings is 1. The molecule has 0 amide bonds. The maximum absolute atomic E-state index is 12.2. The van der Waals surface area contributed by atoms with Gasteiger partial charge in [0.25, 0.3) is 5.56 Å². The highest BCUT2D eigenvalue weighted by molar-refractivity contribution is 7.20. The summed E-state index contributed by atoms with van der Waals surface area (Å²) in [6.45, 7) is 3.42. The molecular weight excluding hydrogens is 252 g/mol. The van der Waals surface area contributed by atoms with Crippen LogP contribution in [0.4, 0.5) is 0 Å². The van der Waals surface area contributed by atoms with Crippen molar-refractivity contribution in [1.82, 2.24) is 9.55 Å². The van der Waals surface area contributed by atoms with E-state index in [-0.39, 0.29) is 17.0 Å². The lowest BCUT2D eigenvalue weighted by Gasteiger charge is -2.05. The minimum Gasteiger partial charge on any atom is -0.477 e. The van der Waals surface area contributed by atoms with Crippen LogP contribution in [0.3, 0.4) is 0 Å². The van der Waals surface area contributed by atoms with Crippen LogP contribution in [0.1, 0.15) is 21.1 Å². The van der Waals surface area contributed by atoms with E-state index in [1.165, 1.54) is 4.57 Å². The van der Waals surface area contributed by atoms with Crippen molar-refractivity contribution >= 4 is 27.5 Å². The van der Waals surface area contributed by atoms with Crippen LogP contribution in [0.15, 0.2) is 4.79 Å². The highest BCUT2D eigenvalue weighted by Crippen LogP contribution is 2.27. The average molecular weight is 262 g/mol. The van der Waals surface area contributed by atoms with Crippen LogP contribution in [0.2, 0.25) is 0 Å². The van der Waals surface area contributed by atoms with Crippen molar-refractivity contribution in [3.05, 3.63) is 26.6 Å². The molecule has 0 spiro atoms. The number of rotatable bonds is 2. The zero-order chi connectivity index (χ0) is 13.4. The zero-order valence-electron chi connectivity index (χ0n) is 9.85. The smallest absolute Gasteiger partial charge is 0.346 e. The molecule has 0 bridgehead atoms. The standard InChI is InChI=1S/C12H10N2O3S/c1-4-5-14-7(3)13-10-8(11(14)15)6(2)9(18-10)12(16)17/h1H,5H2,2-3H3,(H,16,17). The summed E-state index contributed by atoms with van der Waals surface area (Å²) in [5, 5.41) is 9.39. The molecule has 0 aliphatic heterocycles. The van der Waals surface area contributed by atoms with Crippen molar-refractivity contribution in [1.29, 1.82) is 0 Å². The Hall–Kier alpha value is -2.13. The first-order chi connectivity index (χ1) is 8.47. The van der Waals surface area contributed by atoms with E-state index >= 15 is 0 Å². The molecular formula is C12H10N2O3S. The SMILES string of the molecule is C#CCn1c(C)nc2sc(C(=O)O)c(C)c2c1=O. The summed E-state index contributed by atoms with van der Waals surface area (Å²) in [6.07, 6.45) is 5.20. The van der Waals surface area contributed by atoms with Gasteiger partial charge in [-0.25, -0.2) is 9.78 Å². The van der Waals surface area contributed by atoms with Gasteiger partial charge >= 0.3 is 5.97 Å². The Kier molecular flexibility index (Phi) is 2.93. The molecule has 0 unspecified atom stereocenters. The first kappa shape index (κ1) is 12.3. The van der Waals surface area contributed by atoms with Gasteiger partial charge in [-0.1, -0.05) is 5.92 Å². The Labute approximate surface area is 107 Å². The molecule has 18 heavy (non-hydrogen) atoms. The fourth-order valence-electron chi connectivity index (χ4n) is 1.80. The van der Waals surface area contributed by atoms with E-state index in [0.717, 1.165) is 11.3 Å². The van der Waals surface area contributed by atoms with Gasteiger partial charge in [-0.3, -0.25) is 9.36 Å². The van der Waals surface area contributed by atoms with Gasteiger partial charge in [-0.15, -0.1) is 17.8 Å². The maximum Gasteiger partial charge on any atom is 0.346 e. The van der Waals surface area contributed by atoms with E-state index in [1.54, 1.807) is 13.8 Å². The molecule has 2 heterocycles. The number of hydrogen-bond donors (Lipinski definition) is 1. The third kappa shape index (κ3) is 1.69. The average Bonchev–Trinajstić information content (AvgIpc) is 2.62. The van der Waals surface area contributed by atoms with Crippen LogP contribution in [-0.4, -0.2) is 20.6 Å². The molecule has 1 N–H and O–H groups in total. The lowest BCUT2D eigenvalue weighted by molar-refractivity contribution is 0.0701. The topological polar surface area (TPSA) is 72.2 Å². The van der Waals surface area contributed by atoms with Gasteiger partial charge in [0.2, 0.25) is 0 Å². The van der Waals surface area contributed by atoms with Gasteiger partial charge < -0.3 is 5.11 Å². The number of carbonyl (C=O) groups is 1. The minimum atomic E-state index is -1.05. The number of terminal acetylenes is 1. The fourth-order valence-corrected chi connectivity index (χ4v) is 2.86. The Balaban J connectivity index is 2.90. The third-order valence-corrected chi connectivity index (χ3v) is 3.86.